The number of rotatable bonds is 0. The molecule has 0 fully saturated rings. The first-order chi connectivity index (χ1) is 6.27. The van der Waals surface area contributed by atoms with E-state index in [9.17, 15) is 9.59 Å². The number of pyridine rings is 1. The summed E-state index contributed by atoms with van der Waals surface area (Å²) in [7, 11) is 0. The van der Waals surface area contributed by atoms with Gasteiger partial charge in [-0.3, -0.25) is 4.79 Å². The van der Waals surface area contributed by atoms with E-state index in [4.69, 9.17) is 0 Å². The SMILES string of the molecule is O=c1ccc2ccnc(=O)c-2co1. The zero-order valence-corrected chi connectivity index (χ0v) is 6.56. The van der Waals surface area contributed by atoms with Crippen molar-refractivity contribution >= 4 is 0 Å². The molecule has 13 heavy (non-hydrogen) atoms. The number of nitrogens with zero attached hydrogens (tertiary/aromatic N) is 1. The molecule has 0 aliphatic carbocycles. The predicted octanol–water partition coefficient (Wildman–Crippen LogP) is 0.500. The van der Waals surface area contributed by atoms with E-state index in [1.807, 2.05) is 0 Å². The Bertz CT molecular complexity index is 518. The van der Waals surface area contributed by atoms with Crippen LogP contribution in [0.1, 0.15) is 0 Å². The topological polar surface area (TPSA) is 60.2 Å². The Kier molecular flexibility index (Phi) is 1.66. The van der Waals surface area contributed by atoms with E-state index in [0.29, 0.717) is 11.1 Å². The molecule has 4 heteroatoms. The third kappa shape index (κ3) is 1.33. The van der Waals surface area contributed by atoms with Gasteiger partial charge < -0.3 is 4.42 Å². The van der Waals surface area contributed by atoms with Crippen LogP contribution in [0.25, 0.3) is 11.1 Å². The van der Waals surface area contributed by atoms with Crippen LogP contribution in [0.2, 0.25) is 0 Å². The maximum atomic E-state index is 11.2. The minimum atomic E-state index is -0.490. The molecule has 64 valence electrons. The van der Waals surface area contributed by atoms with Crippen LogP contribution in [-0.2, 0) is 0 Å². The summed E-state index contributed by atoms with van der Waals surface area (Å²) in [6.07, 6.45) is 2.53. The van der Waals surface area contributed by atoms with Crippen LogP contribution < -0.4 is 11.2 Å². The van der Waals surface area contributed by atoms with Crippen LogP contribution in [0.5, 0.6) is 0 Å². The quantitative estimate of drug-likeness (QED) is 0.585. The summed E-state index contributed by atoms with van der Waals surface area (Å²) >= 11 is 0. The molecule has 4 nitrogen and oxygen atoms in total. The second-order valence-electron chi connectivity index (χ2n) is 2.51. The molecule has 0 N–H and O–H groups in total. The van der Waals surface area contributed by atoms with Crippen LogP contribution in [0, 0.1) is 0 Å². The number of hydrogen-bond donors (Lipinski definition) is 0. The predicted molar refractivity (Wildman–Crippen MR) is 45.7 cm³/mol. The van der Waals surface area contributed by atoms with Gasteiger partial charge in [-0.15, -0.1) is 0 Å². The largest absolute Gasteiger partial charge is 0.430 e. The molecule has 0 aromatic heterocycles. The van der Waals surface area contributed by atoms with Crippen LogP contribution >= 0.6 is 0 Å². The zero-order chi connectivity index (χ0) is 9.26. The maximum absolute atomic E-state index is 11.2. The molecular weight excluding hydrogens is 170 g/mol. The molecule has 2 heterocycles. The molecule has 2 aliphatic heterocycles. The van der Waals surface area contributed by atoms with Crippen LogP contribution in [0.4, 0.5) is 0 Å². The van der Waals surface area contributed by atoms with Crippen molar-refractivity contribution in [3.8, 4) is 11.1 Å². The second kappa shape index (κ2) is 2.82. The molecule has 0 aromatic rings. The third-order valence-electron chi connectivity index (χ3n) is 1.68. The zero-order valence-electron chi connectivity index (χ0n) is 6.56. The second-order valence-corrected chi connectivity index (χ2v) is 2.51. The molecule has 0 spiro atoms. The van der Waals surface area contributed by atoms with Crippen molar-refractivity contribution in [2.24, 2.45) is 0 Å². The molecule has 0 amide bonds. The number of aromatic nitrogens is 1. The van der Waals surface area contributed by atoms with Crippen molar-refractivity contribution in [3.05, 3.63) is 51.4 Å². The Hall–Kier alpha value is -1.97. The Morgan fingerprint density at radius 1 is 1.15 bits per heavy atom. The van der Waals surface area contributed by atoms with Gasteiger partial charge in [0.1, 0.15) is 6.26 Å². The monoisotopic (exact) mass is 175 g/mol. The van der Waals surface area contributed by atoms with Gasteiger partial charge in [-0.1, -0.05) is 0 Å². The van der Waals surface area contributed by atoms with Gasteiger partial charge in [0.05, 0.1) is 5.56 Å². The van der Waals surface area contributed by atoms with Gasteiger partial charge in [0.25, 0.3) is 5.56 Å². The Balaban J connectivity index is 2.94. The fourth-order valence-electron chi connectivity index (χ4n) is 1.05. The standard InChI is InChI=1S/C9H5NO3/c11-8-2-1-6-3-4-10-9(12)7(6)5-13-8/h1-5H. The molecule has 0 radical (unpaired) electrons. The first kappa shape index (κ1) is 7.67. The van der Waals surface area contributed by atoms with Gasteiger partial charge in [-0.2, -0.15) is 0 Å². The van der Waals surface area contributed by atoms with Gasteiger partial charge in [0.2, 0.25) is 0 Å². The Morgan fingerprint density at radius 3 is 2.85 bits per heavy atom. The highest BCUT2D eigenvalue weighted by Crippen LogP contribution is 2.11. The number of hydrogen-bond acceptors (Lipinski definition) is 4. The summed E-state index contributed by atoms with van der Waals surface area (Å²) in [6.45, 7) is 0. The highest BCUT2D eigenvalue weighted by molar-refractivity contribution is 5.60. The van der Waals surface area contributed by atoms with E-state index >= 15 is 0 Å². The molecule has 0 bridgehead atoms. The van der Waals surface area contributed by atoms with E-state index < -0.39 is 11.2 Å². The fraction of sp³-hybridized carbons (Fsp3) is 0. The average Bonchev–Trinajstić information content (AvgIpc) is 2.30. The molecule has 0 saturated carbocycles. The van der Waals surface area contributed by atoms with Gasteiger partial charge >= 0.3 is 5.63 Å². The van der Waals surface area contributed by atoms with Crippen LogP contribution in [-0.4, -0.2) is 4.98 Å². The summed E-state index contributed by atoms with van der Waals surface area (Å²) in [5, 5.41) is 0. The van der Waals surface area contributed by atoms with E-state index in [1.54, 1.807) is 6.07 Å². The van der Waals surface area contributed by atoms with E-state index in [0.717, 1.165) is 6.26 Å². The lowest BCUT2D eigenvalue weighted by Crippen LogP contribution is -2.06. The summed E-state index contributed by atoms with van der Waals surface area (Å²) in [4.78, 5) is 25.5. The maximum Gasteiger partial charge on any atom is 0.335 e. The van der Waals surface area contributed by atoms with Crippen LogP contribution in [0.3, 0.4) is 0 Å². The Morgan fingerprint density at radius 2 is 2.00 bits per heavy atom. The first-order valence-electron chi connectivity index (χ1n) is 3.65. The van der Waals surface area contributed by atoms with E-state index in [-0.39, 0.29) is 0 Å². The summed E-state index contributed by atoms with van der Waals surface area (Å²) in [6, 6.07) is 4.44. The lowest BCUT2D eigenvalue weighted by Gasteiger charge is -1.93. The summed E-state index contributed by atoms with van der Waals surface area (Å²) < 4.78 is 4.62. The van der Waals surface area contributed by atoms with Crippen molar-refractivity contribution in [1.29, 1.82) is 0 Å². The van der Waals surface area contributed by atoms with Crippen LogP contribution in [0.15, 0.2) is 44.7 Å². The number of fused-ring (bicyclic) bond motifs is 1. The molecular formula is C9H5NO3. The Labute approximate surface area is 72.8 Å². The van der Waals surface area contributed by atoms with Crippen molar-refractivity contribution in [3.63, 3.8) is 0 Å². The van der Waals surface area contributed by atoms with E-state index in [2.05, 4.69) is 9.40 Å². The fourth-order valence-corrected chi connectivity index (χ4v) is 1.05. The van der Waals surface area contributed by atoms with Crippen molar-refractivity contribution in [2.75, 3.05) is 0 Å². The summed E-state index contributed by atoms with van der Waals surface area (Å²) in [5.74, 6) is 0. The first-order valence-corrected chi connectivity index (χ1v) is 3.65. The van der Waals surface area contributed by atoms with Crippen molar-refractivity contribution < 1.29 is 4.42 Å². The lowest BCUT2D eigenvalue weighted by molar-refractivity contribution is 0.517. The van der Waals surface area contributed by atoms with E-state index in [1.165, 1.54) is 18.3 Å². The van der Waals surface area contributed by atoms with Gasteiger partial charge in [-0.05, 0) is 17.7 Å². The van der Waals surface area contributed by atoms with Crippen molar-refractivity contribution in [1.82, 2.24) is 4.98 Å². The van der Waals surface area contributed by atoms with Crippen molar-refractivity contribution in [2.45, 2.75) is 0 Å². The highest BCUT2D eigenvalue weighted by Gasteiger charge is 2.04. The third-order valence-corrected chi connectivity index (χ3v) is 1.68. The minimum absolute atomic E-state index is 0.310. The lowest BCUT2D eigenvalue weighted by atomic mass is 10.1. The van der Waals surface area contributed by atoms with Gasteiger partial charge in [0.15, 0.2) is 0 Å². The molecule has 0 saturated heterocycles. The highest BCUT2D eigenvalue weighted by atomic mass is 16.4. The molecule has 2 rings (SSSR count). The minimum Gasteiger partial charge on any atom is -0.430 e. The van der Waals surface area contributed by atoms with Gasteiger partial charge in [0, 0.05) is 12.3 Å². The molecule has 0 unspecified atom stereocenters. The molecule has 0 aromatic carbocycles. The molecule has 2 aliphatic rings. The smallest absolute Gasteiger partial charge is 0.335 e. The normalized spacial score (nSPS) is 10.2. The van der Waals surface area contributed by atoms with Gasteiger partial charge in [-0.25, -0.2) is 9.78 Å². The molecule has 0 atom stereocenters. The average molecular weight is 175 g/mol. The summed E-state index contributed by atoms with van der Waals surface area (Å²) in [5.41, 5.74) is 0.0721.